The third-order valence-electron chi connectivity index (χ3n) is 6.62. The summed E-state index contributed by atoms with van der Waals surface area (Å²) in [7, 11) is -3.69. The SMILES string of the molecule is CCn1cnc2c(Nc3ccc(NS(=O)(=O)c4ccccc4)c(C)c3)nc(NC3CCC(O)CC3)nc21. The van der Waals surface area contributed by atoms with Gasteiger partial charge < -0.3 is 20.3 Å². The summed E-state index contributed by atoms with van der Waals surface area (Å²) in [4.78, 5) is 14.2. The molecule has 0 amide bonds. The van der Waals surface area contributed by atoms with E-state index in [0.29, 0.717) is 23.0 Å². The molecule has 2 aromatic carbocycles. The van der Waals surface area contributed by atoms with Crippen LogP contribution in [0.4, 0.5) is 23.1 Å². The van der Waals surface area contributed by atoms with E-state index in [1.807, 2.05) is 24.5 Å². The fourth-order valence-electron chi connectivity index (χ4n) is 4.53. The Kier molecular flexibility index (Phi) is 6.98. The quantitative estimate of drug-likeness (QED) is 0.268. The minimum absolute atomic E-state index is 0.200. The first-order valence-corrected chi connectivity index (χ1v) is 13.9. The number of aryl methyl sites for hydroxylation is 2. The Morgan fingerprint density at radius 3 is 2.51 bits per heavy atom. The molecule has 4 aromatic rings. The van der Waals surface area contributed by atoms with Gasteiger partial charge in [0.15, 0.2) is 17.0 Å². The Bertz CT molecular complexity index is 1500. The zero-order valence-corrected chi connectivity index (χ0v) is 21.7. The number of aliphatic hydroxyl groups excluding tert-OH is 1. The summed E-state index contributed by atoms with van der Waals surface area (Å²) in [5, 5.41) is 16.6. The van der Waals surface area contributed by atoms with Gasteiger partial charge in [-0.15, -0.1) is 0 Å². The number of aromatic nitrogens is 4. The van der Waals surface area contributed by atoms with Crippen LogP contribution in [-0.2, 0) is 16.6 Å². The van der Waals surface area contributed by atoms with Crippen molar-refractivity contribution >= 4 is 44.3 Å². The predicted octanol–water partition coefficient (Wildman–Crippen LogP) is 4.41. The molecule has 2 aromatic heterocycles. The standard InChI is InChI=1S/C26H31N7O3S/c1-3-33-16-27-23-24(30-26(31-25(23)33)29-18-9-12-20(34)13-10-18)28-19-11-14-22(17(2)15-19)32-37(35,36)21-7-5-4-6-8-21/h4-8,11,14-16,18,20,32,34H,3,9-10,12-13H2,1-2H3,(H2,28,29,30,31). The minimum atomic E-state index is -3.69. The second-order valence-electron chi connectivity index (χ2n) is 9.32. The lowest BCUT2D eigenvalue weighted by Gasteiger charge is -2.26. The first-order chi connectivity index (χ1) is 17.8. The van der Waals surface area contributed by atoms with Gasteiger partial charge in [-0.3, -0.25) is 4.72 Å². The highest BCUT2D eigenvalue weighted by molar-refractivity contribution is 7.92. The molecule has 0 aliphatic heterocycles. The molecule has 2 heterocycles. The predicted molar refractivity (Wildman–Crippen MR) is 145 cm³/mol. The molecule has 0 radical (unpaired) electrons. The summed E-state index contributed by atoms with van der Waals surface area (Å²) < 4.78 is 30.1. The lowest BCUT2D eigenvalue weighted by Crippen LogP contribution is -2.29. The molecular weight excluding hydrogens is 490 g/mol. The molecule has 4 N–H and O–H groups in total. The van der Waals surface area contributed by atoms with Crippen LogP contribution in [0.1, 0.15) is 38.2 Å². The third-order valence-corrected chi connectivity index (χ3v) is 8.00. The lowest BCUT2D eigenvalue weighted by atomic mass is 9.93. The van der Waals surface area contributed by atoms with Crippen LogP contribution in [-0.4, -0.2) is 45.2 Å². The van der Waals surface area contributed by atoms with Crippen molar-refractivity contribution in [3.8, 4) is 0 Å². The van der Waals surface area contributed by atoms with Gasteiger partial charge in [-0.05, 0) is 75.4 Å². The lowest BCUT2D eigenvalue weighted by molar-refractivity contribution is 0.126. The van der Waals surface area contributed by atoms with Crippen molar-refractivity contribution in [2.24, 2.45) is 0 Å². The van der Waals surface area contributed by atoms with E-state index in [2.05, 4.69) is 20.3 Å². The van der Waals surface area contributed by atoms with Crippen LogP contribution in [0.5, 0.6) is 0 Å². The third kappa shape index (κ3) is 5.52. The average Bonchev–Trinajstić information content (AvgIpc) is 3.31. The first-order valence-electron chi connectivity index (χ1n) is 12.5. The van der Waals surface area contributed by atoms with Crippen LogP contribution in [0.2, 0.25) is 0 Å². The molecule has 10 nitrogen and oxygen atoms in total. The number of nitrogens with one attached hydrogen (secondary N) is 3. The van der Waals surface area contributed by atoms with Gasteiger partial charge in [0.25, 0.3) is 10.0 Å². The molecule has 0 saturated heterocycles. The van der Waals surface area contributed by atoms with Crippen LogP contribution in [0.3, 0.4) is 0 Å². The summed E-state index contributed by atoms with van der Waals surface area (Å²) >= 11 is 0. The summed E-state index contributed by atoms with van der Waals surface area (Å²) in [5.74, 6) is 1.07. The monoisotopic (exact) mass is 521 g/mol. The molecular formula is C26H31N7O3S. The maximum absolute atomic E-state index is 12.8. The smallest absolute Gasteiger partial charge is 0.261 e. The van der Waals surface area contributed by atoms with Crippen LogP contribution in [0, 0.1) is 6.92 Å². The Morgan fingerprint density at radius 2 is 1.81 bits per heavy atom. The van der Waals surface area contributed by atoms with Crippen molar-refractivity contribution in [1.82, 2.24) is 19.5 Å². The number of aliphatic hydroxyl groups is 1. The zero-order chi connectivity index (χ0) is 26.0. The largest absolute Gasteiger partial charge is 0.393 e. The Balaban J connectivity index is 1.40. The van der Waals surface area contributed by atoms with E-state index in [1.165, 1.54) is 0 Å². The maximum Gasteiger partial charge on any atom is 0.261 e. The molecule has 37 heavy (non-hydrogen) atoms. The molecule has 0 atom stereocenters. The molecule has 11 heteroatoms. The summed E-state index contributed by atoms with van der Waals surface area (Å²) in [6, 6.07) is 13.9. The number of hydrogen-bond acceptors (Lipinski definition) is 8. The van der Waals surface area contributed by atoms with Gasteiger partial charge in [-0.1, -0.05) is 18.2 Å². The number of imidazole rings is 1. The van der Waals surface area contributed by atoms with Gasteiger partial charge in [0.1, 0.15) is 0 Å². The normalized spacial score (nSPS) is 18.0. The van der Waals surface area contributed by atoms with Gasteiger partial charge in [0, 0.05) is 18.3 Å². The second kappa shape index (κ2) is 10.3. The summed E-state index contributed by atoms with van der Waals surface area (Å²) in [6.07, 6.45) is 4.76. The Labute approximate surface area is 216 Å². The molecule has 0 spiro atoms. The molecule has 0 bridgehead atoms. The number of rotatable bonds is 8. The summed E-state index contributed by atoms with van der Waals surface area (Å²) in [5.41, 5.74) is 3.38. The van der Waals surface area contributed by atoms with Gasteiger partial charge in [-0.2, -0.15) is 9.97 Å². The van der Waals surface area contributed by atoms with Crippen molar-refractivity contribution in [3.63, 3.8) is 0 Å². The summed E-state index contributed by atoms with van der Waals surface area (Å²) in [6.45, 7) is 4.60. The van der Waals surface area contributed by atoms with E-state index in [1.54, 1.807) is 48.8 Å². The second-order valence-corrected chi connectivity index (χ2v) is 11.0. The molecule has 1 aliphatic carbocycles. The number of benzene rings is 2. The van der Waals surface area contributed by atoms with Crippen LogP contribution in [0.25, 0.3) is 11.2 Å². The number of nitrogens with zero attached hydrogens (tertiary/aromatic N) is 4. The molecule has 0 unspecified atom stereocenters. The van der Waals surface area contributed by atoms with Crippen molar-refractivity contribution in [1.29, 1.82) is 0 Å². The van der Waals surface area contributed by atoms with E-state index in [9.17, 15) is 13.5 Å². The molecule has 5 rings (SSSR count). The number of hydrogen-bond donors (Lipinski definition) is 4. The van der Waals surface area contributed by atoms with Crippen LogP contribution in [0.15, 0.2) is 59.8 Å². The van der Waals surface area contributed by atoms with Crippen LogP contribution < -0.4 is 15.4 Å². The Morgan fingerprint density at radius 1 is 1.05 bits per heavy atom. The van der Waals surface area contributed by atoms with Crippen molar-refractivity contribution in [2.75, 3.05) is 15.4 Å². The Hall–Kier alpha value is -3.70. The fraction of sp³-hybridized carbons (Fsp3) is 0.346. The average molecular weight is 522 g/mol. The van der Waals surface area contributed by atoms with Crippen molar-refractivity contribution < 1.29 is 13.5 Å². The van der Waals surface area contributed by atoms with Crippen LogP contribution >= 0.6 is 0 Å². The highest BCUT2D eigenvalue weighted by Crippen LogP contribution is 2.29. The number of sulfonamides is 1. The maximum atomic E-state index is 12.8. The van der Waals surface area contributed by atoms with Gasteiger partial charge in [0.2, 0.25) is 5.95 Å². The molecule has 194 valence electrons. The van der Waals surface area contributed by atoms with Crippen molar-refractivity contribution in [2.45, 2.75) is 63.1 Å². The van der Waals surface area contributed by atoms with E-state index in [0.717, 1.165) is 49.1 Å². The topological polar surface area (TPSA) is 134 Å². The number of anilines is 4. The van der Waals surface area contributed by atoms with E-state index in [4.69, 9.17) is 9.97 Å². The minimum Gasteiger partial charge on any atom is -0.393 e. The molecule has 1 saturated carbocycles. The van der Waals surface area contributed by atoms with E-state index < -0.39 is 10.0 Å². The first kappa shape index (κ1) is 25.0. The highest BCUT2D eigenvalue weighted by atomic mass is 32.2. The van der Waals surface area contributed by atoms with Gasteiger partial charge in [0.05, 0.1) is 23.0 Å². The van der Waals surface area contributed by atoms with Gasteiger partial charge >= 0.3 is 0 Å². The van der Waals surface area contributed by atoms with E-state index in [-0.39, 0.29) is 17.0 Å². The molecule has 1 aliphatic rings. The highest BCUT2D eigenvalue weighted by Gasteiger charge is 2.21. The van der Waals surface area contributed by atoms with E-state index >= 15 is 0 Å². The van der Waals surface area contributed by atoms with Gasteiger partial charge in [-0.25, -0.2) is 13.4 Å². The fourth-order valence-corrected chi connectivity index (χ4v) is 5.68. The molecule has 1 fully saturated rings. The zero-order valence-electron chi connectivity index (χ0n) is 20.8. The van der Waals surface area contributed by atoms with Crippen molar-refractivity contribution in [3.05, 3.63) is 60.4 Å². The number of fused-ring (bicyclic) bond motifs is 1.